The lowest BCUT2D eigenvalue weighted by atomic mass is 9.87. The van der Waals surface area contributed by atoms with Gasteiger partial charge in [-0.3, -0.25) is 9.59 Å². The van der Waals surface area contributed by atoms with Gasteiger partial charge < -0.3 is 14.5 Å². The smallest absolute Gasteiger partial charge is 0.254 e. The van der Waals surface area contributed by atoms with Gasteiger partial charge in [-0.05, 0) is 67.5 Å². The first kappa shape index (κ1) is 21.0. The number of aryl methyl sites for hydroxylation is 1. The maximum Gasteiger partial charge on any atom is 0.254 e. The van der Waals surface area contributed by atoms with Crippen LogP contribution in [0.25, 0.3) is 0 Å². The Morgan fingerprint density at radius 3 is 2.38 bits per heavy atom. The molecule has 1 saturated heterocycles. The number of hydrogen-bond acceptors (Lipinski definition) is 3. The van der Waals surface area contributed by atoms with Gasteiger partial charge in [-0.2, -0.15) is 0 Å². The van der Waals surface area contributed by atoms with Crippen molar-refractivity contribution in [3.8, 4) is 5.75 Å². The second kappa shape index (κ2) is 8.97. The van der Waals surface area contributed by atoms with Crippen molar-refractivity contribution in [2.24, 2.45) is 5.92 Å². The quantitative estimate of drug-likeness (QED) is 0.693. The molecule has 0 aromatic heterocycles. The van der Waals surface area contributed by atoms with E-state index in [0.717, 1.165) is 63.8 Å². The second-order valence-electron chi connectivity index (χ2n) is 9.46. The molecule has 168 valence electrons. The highest BCUT2D eigenvalue weighted by molar-refractivity contribution is 5.94. The molecule has 2 aromatic carbocycles. The molecule has 5 rings (SSSR count). The average Bonchev–Trinajstić information content (AvgIpc) is 3.69. The van der Waals surface area contributed by atoms with Gasteiger partial charge in [0.1, 0.15) is 11.9 Å². The summed E-state index contributed by atoms with van der Waals surface area (Å²) < 4.78 is 6.15. The Hall–Kier alpha value is -2.82. The Morgan fingerprint density at radius 1 is 0.938 bits per heavy atom. The van der Waals surface area contributed by atoms with Gasteiger partial charge in [0.15, 0.2) is 0 Å². The van der Waals surface area contributed by atoms with Crippen molar-refractivity contribution < 1.29 is 14.3 Å². The molecule has 2 aromatic rings. The molecule has 1 heterocycles. The van der Waals surface area contributed by atoms with Crippen LogP contribution in [-0.2, 0) is 11.2 Å². The minimum atomic E-state index is 0.0464. The number of ether oxygens (including phenoxy) is 1. The molecule has 1 atom stereocenters. The van der Waals surface area contributed by atoms with Crippen LogP contribution in [0.2, 0.25) is 0 Å². The highest BCUT2D eigenvalue weighted by Crippen LogP contribution is 2.34. The van der Waals surface area contributed by atoms with Crippen LogP contribution in [0.15, 0.2) is 48.5 Å². The van der Waals surface area contributed by atoms with Crippen LogP contribution in [0.3, 0.4) is 0 Å². The molecule has 2 fully saturated rings. The van der Waals surface area contributed by atoms with Crippen LogP contribution in [0.4, 0.5) is 0 Å². The molecule has 5 heteroatoms. The zero-order valence-electron chi connectivity index (χ0n) is 18.8. The third kappa shape index (κ3) is 4.38. The predicted molar refractivity (Wildman–Crippen MR) is 124 cm³/mol. The highest BCUT2D eigenvalue weighted by Gasteiger charge is 2.35. The van der Waals surface area contributed by atoms with E-state index in [-0.39, 0.29) is 24.0 Å². The number of likely N-dealkylation sites (tertiary alicyclic amines) is 1. The van der Waals surface area contributed by atoms with Gasteiger partial charge >= 0.3 is 0 Å². The molecule has 2 amide bonds. The Morgan fingerprint density at radius 2 is 1.66 bits per heavy atom. The molecule has 1 saturated carbocycles. The van der Waals surface area contributed by atoms with E-state index < -0.39 is 0 Å². The molecule has 0 N–H and O–H groups in total. The number of rotatable bonds is 5. The lowest BCUT2D eigenvalue weighted by molar-refractivity contribution is -0.134. The van der Waals surface area contributed by atoms with Crippen LogP contribution in [0, 0.1) is 5.92 Å². The van der Waals surface area contributed by atoms with Crippen molar-refractivity contribution in [3.05, 3.63) is 65.2 Å². The third-order valence-corrected chi connectivity index (χ3v) is 7.21. The molecule has 1 aliphatic heterocycles. The molecule has 32 heavy (non-hydrogen) atoms. The maximum atomic E-state index is 13.2. The zero-order valence-corrected chi connectivity index (χ0v) is 18.8. The van der Waals surface area contributed by atoms with Crippen molar-refractivity contribution in [1.29, 1.82) is 0 Å². The lowest BCUT2D eigenvalue weighted by Gasteiger charge is -2.33. The summed E-state index contributed by atoms with van der Waals surface area (Å²) in [6.07, 6.45) is 7.17. The first-order valence-corrected chi connectivity index (χ1v) is 12.0. The van der Waals surface area contributed by atoms with Crippen LogP contribution < -0.4 is 4.74 Å². The van der Waals surface area contributed by atoms with Crippen molar-refractivity contribution in [2.75, 3.05) is 20.1 Å². The summed E-state index contributed by atoms with van der Waals surface area (Å²) in [4.78, 5) is 29.3. The van der Waals surface area contributed by atoms with Gasteiger partial charge in [-0.15, -0.1) is 0 Å². The molecule has 0 spiro atoms. The van der Waals surface area contributed by atoms with Gasteiger partial charge in [0.05, 0.1) is 6.04 Å². The van der Waals surface area contributed by atoms with Gasteiger partial charge in [0.2, 0.25) is 5.91 Å². The van der Waals surface area contributed by atoms with E-state index in [9.17, 15) is 9.59 Å². The SMILES string of the molecule is CN(C(=O)c1ccc(OC2CCN(C(=O)C3CC3)CC2)cc1)[C@@H]1CCCc2ccccc21. The maximum absolute atomic E-state index is 13.2. The van der Waals surface area contributed by atoms with E-state index in [4.69, 9.17) is 4.74 Å². The van der Waals surface area contributed by atoms with E-state index in [1.807, 2.05) is 41.1 Å². The molecule has 0 bridgehead atoms. The zero-order chi connectivity index (χ0) is 22.1. The first-order valence-electron chi connectivity index (χ1n) is 12.0. The molecule has 5 nitrogen and oxygen atoms in total. The summed E-state index contributed by atoms with van der Waals surface area (Å²) in [7, 11) is 1.91. The van der Waals surface area contributed by atoms with E-state index in [0.29, 0.717) is 11.5 Å². The molecule has 0 unspecified atom stereocenters. The number of benzene rings is 2. The minimum absolute atomic E-state index is 0.0464. The number of piperidine rings is 1. The van der Waals surface area contributed by atoms with Gasteiger partial charge in [0.25, 0.3) is 5.91 Å². The van der Waals surface area contributed by atoms with Crippen molar-refractivity contribution in [2.45, 2.75) is 57.1 Å². The number of carbonyl (C=O) groups excluding carboxylic acids is 2. The standard InChI is InChI=1S/C27H32N2O3/c1-28(25-8-4-6-19-5-2-3-7-24(19)25)26(30)20-11-13-22(14-12-20)32-23-15-17-29(18-16-23)27(31)21-9-10-21/h2-3,5,7,11-14,21,23,25H,4,6,8-10,15-18H2,1H3/t25-/m1/s1. The lowest BCUT2D eigenvalue weighted by Crippen LogP contribution is -2.42. The van der Waals surface area contributed by atoms with Gasteiger partial charge in [0, 0.05) is 44.5 Å². The summed E-state index contributed by atoms with van der Waals surface area (Å²) in [5.41, 5.74) is 3.32. The largest absolute Gasteiger partial charge is 0.490 e. The molecular formula is C27H32N2O3. The van der Waals surface area contributed by atoms with E-state index in [1.165, 1.54) is 11.1 Å². The Bertz CT molecular complexity index is 975. The van der Waals surface area contributed by atoms with Gasteiger partial charge in [-0.1, -0.05) is 24.3 Å². The van der Waals surface area contributed by atoms with Crippen LogP contribution in [0.5, 0.6) is 5.75 Å². The second-order valence-corrected chi connectivity index (χ2v) is 9.46. The van der Waals surface area contributed by atoms with Crippen molar-refractivity contribution in [3.63, 3.8) is 0 Å². The van der Waals surface area contributed by atoms with Crippen molar-refractivity contribution in [1.82, 2.24) is 9.80 Å². The van der Waals surface area contributed by atoms with Gasteiger partial charge in [-0.25, -0.2) is 0 Å². The predicted octanol–water partition coefficient (Wildman–Crippen LogP) is 4.62. The average molecular weight is 433 g/mol. The van der Waals surface area contributed by atoms with Crippen LogP contribution >= 0.6 is 0 Å². The van der Waals surface area contributed by atoms with Crippen LogP contribution in [-0.4, -0.2) is 47.9 Å². The Balaban J connectivity index is 1.18. The minimum Gasteiger partial charge on any atom is -0.490 e. The van der Waals surface area contributed by atoms with Crippen molar-refractivity contribution >= 4 is 11.8 Å². The highest BCUT2D eigenvalue weighted by atomic mass is 16.5. The molecular weight excluding hydrogens is 400 g/mol. The van der Waals surface area contributed by atoms with Crippen LogP contribution in [0.1, 0.15) is 66.1 Å². The summed E-state index contributed by atoms with van der Waals surface area (Å²) in [5, 5.41) is 0. The Labute approximate surface area is 190 Å². The summed E-state index contributed by atoms with van der Waals surface area (Å²) in [5.74, 6) is 1.46. The summed E-state index contributed by atoms with van der Waals surface area (Å²) >= 11 is 0. The normalized spacial score (nSPS) is 21.0. The van der Waals surface area contributed by atoms with E-state index in [2.05, 4.69) is 24.3 Å². The topological polar surface area (TPSA) is 49.9 Å². The molecule has 3 aliphatic rings. The molecule has 2 aliphatic carbocycles. The Kier molecular flexibility index (Phi) is 5.90. The van der Waals surface area contributed by atoms with E-state index in [1.54, 1.807) is 0 Å². The number of amides is 2. The molecule has 0 radical (unpaired) electrons. The summed E-state index contributed by atoms with van der Waals surface area (Å²) in [6, 6.07) is 16.1. The number of nitrogens with zero attached hydrogens (tertiary/aromatic N) is 2. The fourth-order valence-electron chi connectivity index (χ4n) is 5.13. The number of carbonyl (C=O) groups is 2. The van der Waals surface area contributed by atoms with E-state index >= 15 is 0 Å². The fourth-order valence-corrected chi connectivity index (χ4v) is 5.13. The number of hydrogen-bond donors (Lipinski definition) is 0. The summed E-state index contributed by atoms with van der Waals surface area (Å²) in [6.45, 7) is 1.56. The number of fused-ring (bicyclic) bond motifs is 1. The first-order chi connectivity index (χ1) is 15.6. The third-order valence-electron chi connectivity index (χ3n) is 7.21. The monoisotopic (exact) mass is 432 g/mol. The fraction of sp³-hybridized carbons (Fsp3) is 0.481.